The van der Waals surface area contributed by atoms with Crippen LogP contribution < -0.4 is 0 Å². The molecule has 6 saturated carbocycles. The van der Waals surface area contributed by atoms with Gasteiger partial charge in [-0.1, -0.05) is 55.4 Å². The molecule has 45 heavy (non-hydrogen) atoms. The van der Waals surface area contributed by atoms with Gasteiger partial charge in [0.15, 0.2) is 0 Å². The minimum Gasteiger partial charge on any atom is -0.462 e. The van der Waals surface area contributed by atoms with Gasteiger partial charge in [0.2, 0.25) is 0 Å². The summed E-state index contributed by atoms with van der Waals surface area (Å²) in [5, 5.41) is 23.8. The van der Waals surface area contributed by atoms with Crippen molar-refractivity contribution in [1.29, 1.82) is 0 Å². The van der Waals surface area contributed by atoms with Crippen LogP contribution in [0.3, 0.4) is 0 Å². The Morgan fingerprint density at radius 3 is 2.22 bits per heavy atom. The molecule has 2 bridgehead atoms. The molecule has 0 amide bonds. The van der Waals surface area contributed by atoms with E-state index >= 15 is 0 Å². The van der Waals surface area contributed by atoms with Gasteiger partial charge in [0.25, 0.3) is 0 Å². The second-order valence-electron chi connectivity index (χ2n) is 18.3. The Hall–Kier alpha value is -1.14. The van der Waals surface area contributed by atoms with Crippen molar-refractivity contribution in [3.8, 4) is 0 Å². The average Bonchev–Trinajstić information content (AvgIpc) is 3.52. The minimum atomic E-state index is -0.411. The molecule has 6 rings (SSSR count). The van der Waals surface area contributed by atoms with Crippen molar-refractivity contribution in [3.05, 3.63) is 0 Å². The monoisotopic (exact) mass is 628 g/mol. The fraction of sp³-hybridized carbons (Fsp3) is 0.949. The van der Waals surface area contributed by atoms with Crippen LogP contribution in [0.4, 0.5) is 0 Å². The standard InChI is InChI=1S/C39H64O6/c1-9-22(2)35(43)44-26-15-16-37(6)25(18-26)19-30(40)34-28-12-11-27(39(28,8)31(41)21-29(34)37)23(3)10-13-33(42)45-32-20-24-14-17-38(32,7)36(24,4)5/h22-32,34,40-41H,9-21H2,1-8H3. The van der Waals surface area contributed by atoms with E-state index in [1.54, 1.807) is 0 Å². The second kappa shape index (κ2) is 11.8. The van der Waals surface area contributed by atoms with E-state index in [4.69, 9.17) is 9.47 Å². The molecule has 6 aliphatic carbocycles. The molecular weight excluding hydrogens is 564 g/mol. The normalized spacial score (nSPS) is 49.4. The van der Waals surface area contributed by atoms with Gasteiger partial charge in [-0.3, -0.25) is 9.59 Å². The maximum atomic E-state index is 13.2. The van der Waals surface area contributed by atoms with Crippen molar-refractivity contribution in [2.45, 2.75) is 163 Å². The van der Waals surface area contributed by atoms with Gasteiger partial charge < -0.3 is 19.7 Å². The number of hydrogen-bond donors (Lipinski definition) is 2. The van der Waals surface area contributed by atoms with E-state index in [2.05, 4.69) is 41.5 Å². The zero-order chi connectivity index (χ0) is 32.7. The highest BCUT2D eigenvalue weighted by molar-refractivity contribution is 5.72. The molecule has 256 valence electrons. The van der Waals surface area contributed by atoms with Crippen molar-refractivity contribution >= 4 is 11.9 Å². The zero-order valence-electron chi connectivity index (χ0n) is 29.6. The topological polar surface area (TPSA) is 93.1 Å². The van der Waals surface area contributed by atoms with Crippen molar-refractivity contribution < 1.29 is 29.3 Å². The number of aliphatic hydroxyl groups is 2. The molecule has 0 heterocycles. The molecule has 2 N–H and O–H groups in total. The van der Waals surface area contributed by atoms with Gasteiger partial charge in [-0.25, -0.2) is 0 Å². The Bertz CT molecular complexity index is 1130. The van der Waals surface area contributed by atoms with Crippen molar-refractivity contribution in [2.24, 2.45) is 69.0 Å². The largest absolute Gasteiger partial charge is 0.462 e. The Morgan fingerprint density at radius 2 is 1.58 bits per heavy atom. The highest BCUT2D eigenvalue weighted by atomic mass is 16.5. The molecule has 0 aromatic rings. The molecule has 0 aromatic heterocycles. The molecular formula is C39H64O6. The third-order valence-electron chi connectivity index (χ3n) is 16.6. The van der Waals surface area contributed by atoms with Crippen LogP contribution in [-0.4, -0.2) is 46.6 Å². The first-order valence-electron chi connectivity index (χ1n) is 18.8. The van der Waals surface area contributed by atoms with Gasteiger partial charge >= 0.3 is 11.9 Å². The SMILES string of the molecule is CCC(C)C(=O)OC1CCC2(C)C(C1)CC(O)C1C2CC(O)C2(C)C(C(C)CCC(=O)OC3CC4CCC3(C)C4(C)C)CCC12. The van der Waals surface area contributed by atoms with Gasteiger partial charge in [0.05, 0.1) is 18.1 Å². The van der Waals surface area contributed by atoms with E-state index in [0.717, 1.165) is 70.6 Å². The molecule has 15 unspecified atom stereocenters. The van der Waals surface area contributed by atoms with E-state index in [1.807, 2.05) is 13.8 Å². The Balaban J connectivity index is 1.09. The summed E-state index contributed by atoms with van der Waals surface area (Å²) in [5.74, 6) is 2.15. The molecule has 6 aliphatic rings. The molecule has 15 atom stereocenters. The predicted octanol–water partition coefficient (Wildman–Crippen LogP) is 7.72. The first-order chi connectivity index (χ1) is 21.1. The smallest absolute Gasteiger partial charge is 0.308 e. The number of rotatable bonds is 8. The quantitative estimate of drug-likeness (QED) is 0.268. The molecule has 0 radical (unpaired) electrons. The Morgan fingerprint density at radius 1 is 0.844 bits per heavy atom. The summed E-state index contributed by atoms with van der Waals surface area (Å²) in [6.07, 6.45) is 10.9. The lowest BCUT2D eigenvalue weighted by atomic mass is 9.43. The number of carbonyl (C=O) groups is 2. The Labute approximate surface area is 273 Å². The number of ether oxygens (including phenoxy) is 2. The van der Waals surface area contributed by atoms with Crippen LogP contribution >= 0.6 is 0 Å². The lowest BCUT2D eigenvalue weighted by Crippen LogP contribution is -2.62. The van der Waals surface area contributed by atoms with Crippen molar-refractivity contribution in [1.82, 2.24) is 0 Å². The number of esters is 2. The van der Waals surface area contributed by atoms with Crippen LogP contribution in [0, 0.1) is 69.0 Å². The molecule has 0 aliphatic heterocycles. The maximum Gasteiger partial charge on any atom is 0.308 e. The van der Waals surface area contributed by atoms with Gasteiger partial charge in [-0.2, -0.15) is 0 Å². The zero-order valence-corrected chi connectivity index (χ0v) is 29.6. The summed E-state index contributed by atoms with van der Waals surface area (Å²) < 4.78 is 12.1. The van der Waals surface area contributed by atoms with Gasteiger partial charge in [0, 0.05) is 11.8 Å². The minimum absolute atomic E-state index is 0.0412. The fourth-order valence-corrected chi connectivity index (χ4v) is 12.7. The summed E-state index contributed by atoms with van der Waals surface area (Å²) in [6.45, 7) is 18.0. The summed E-state index contributed by atoms with van der Waals surface area (Å²) in [6, 6.07) is 0. The van der Waals surface area contributed by atoms with Gasteiger partial charge in [-0.15, -0.1) is 0 Å². The van der Waals surface area contributed by atoms with E-state index in [1.165, 1.54) is 6.42 Å². The fourth-order valence-electron chi connectivity index (χ4n) is 12.7. The number of carbonyl (C=O) groups excluding carboxylic acids is 2. The first kappa shape index (κ1) is 33.7. The summed E-state index contributed by atoms with van der Waals surface area (Å²) >= 11 is 0. The van der Waals surface area contributed by atoms with Gasteiger partial charge in [0.1, 0.15) is 12.2 Å². The van der Waals surface area contributed by atoms with Crippen LogP contribution in [0.2, 0.25) is 0 Å². The molecule has 0 saturated heterocycles. The third kappa shape index (κ3) is 5.15. The third-order valence-corrected chi connectivity index (χ3v) is 16.6. The van der Waals surface area contributed by atoms with Crippen LogP contribution in [-0.2, 0) is 19.1 Å². The van der Waals surface area contributed by atoms with E-state index in [9.17, 15) is 19.8 Å². The lowest BCUT2D eigenvalue weighted by Gasteiger charge is -2.63. The summed E-state index contributed by atoms with van der Waals surface area (Å²) in [5.41, 5.74) is 0.110. The average molecular weight is 629 g/mol. The van der Waals surface area contributed by atoms with Crippen LogP contribution in [0.25, 0.3) is 0 Å². The van der Waals surface area contributed by atoms with Gasteiger partial charge in [-0.05, 0) is 135 Å². The van der Waals surface area contributed by atoms with Crippen LogP contribution in [0.5, 0.6) is 0 Å². The van der Waals surface area contributed by atoms with Crippen LogP contribution in [0.15, 0.2) is 0 Å². The van der Waals surface area contributed by atoms with Crippen LogP contribution in [0.1, 0.15) is 139 Å². The molecule has 6 fully saturated rings. The second-order valence-corrected chi connectivity index (χ2v) is 18.3. The van der Waals surface area contributed by atoms with Crippen molar-refractivity contribution in [3.63, 3.8) is 0 Å². The highest BCUT2D eigenvalue weighted by Crippen LogP contribution is 2.69. The molecule has 0 aromatic carbocycles. The summed E-state index contributed by atoms with van der Waals surface area (Å²) in [7, 11) is 0. The Kier molecular flexibility index (Phi) is 8.83. The van der Waals surface area contributed by atoms with E-state index < -0.39 is 6.10 Å². The number of aliphatic hydroxyl groups excluding tert-OH is 2. The number of hydrogen-bond acceptors (Lipinski definition) is 6. The predicted molar refractivity (Wildman–Crippen MR) is 175 cm³/mol. The lowest BCUT2D eigenvalue weighted by molar-refractivity contribution is -0.210. The molecule has 0 spiro atoms. The van der Waals surface area contributed by atoms with E-state index in [0.29, 0.717) is 30.1 Å². The maximum absolute atomic E-state index is 13.2. The van der Waals surface area contributed by atoms with E-state index in [-0.39, 0.29) is 75.6 Å². The van der Waals surface area contributed by atoms with Crippen molar-refractivity contribution in [2.75, 3.05) is 0 Å². The summed E-state index contributed by atoms with van der Waals surface area (Å²) in [4.78, 5) is 25.7. The molecule has 6 heteroatoms. The highest BCUT2D eigenvalue weighted by Gasteiger charge is 2.66. The first-order valence-corrected chi connectivity index (χ1v) is 18.8. The molecule has 6 nitrogen and oxygen atoms in total. The number of fused-ring (bicyclic) bond motifs is 7.